The molecule has 1 nitrogen and oxygen atoms in total. The van der Waals surface area contributed by atoms with E-state index in [0.717, 1.165) is 6.42 Å². The first kappa shape index (κ1) is 10.8. The molecule has 0 aliphatic carbocycles. The van der Waals surface area contributed by atoms with E-state index in [1.165, 1.54) is 0 Å². The molecule has 0 fully saturated rings. The number of halogens is 2. The first-order chi connectivity index (χ1) is 4.39. The van der Waals surface area contributed by atoms with E-state index in [2.05, 4.69) is 11.8 Å². The molecular weight excluding hydrogens is 185 g/mol. The van der Waals surface area contributed by atoms with Gasteiger partial charge in [0.2, 0.25) is 0 Å². The fourth-order valence-corrected chi connectivity index (χ4v) is 4.90. The van der Waals surface area contributed by atoms with E-state index in [1.54, 1.807) is 0 Å². The average molecular weight is 200 g/mol. The maximum atomic E-state index is 6.06. The second-order valence-electron chi connectivity index (χ2n) is 2.84. The zero-order valence-electron chi connectivity index (χ0n) is 6.99. The molecule has 0 radical (unpaired) electrons. The van der Waals surface area contributed by atoms with Crippen LogP contribution >= 0.6 is 22.2 Å². The van der Waals surface area contributed by atoms with E-state index in [4.69, 9.17) is 22.2 Å². The van der Waals surface area contributed by atoms with E-state index in [-0.39, 0.29) is 0 Å². The van der Waals surface area contributed by atoms with Crippen molar-refractivity contribution >= 4 is 28.9 Å². The predicted molar refractivity (Wildman–Crippen MR) is 51.1 cm³/mol. The zero-order chi connectivity index (χ0) is 8.36. The summed E-state index contributed by atoms with van der Waals surface area (Å²) in [5, 5.41) is 0. The van der Waals surface area contributed by atoms with Crippen LogP contribution in [-0.4, -0.2) is 31.4 Å². The summed E-state index contributed by atoms with van der Waals surface area (Å²) in [4.78, 5) is 2.10. The summed E-state index contributed by atoms with van der Waals surface area (Å²) in [5.74, 6) is 0. The molecule has 0 heterocycles. The molecule has 0 aromatic carbocycles. The Bertz CT molecular complexity index is 100. The smallest absolute Gasteiger partial charge is 0.264 e. The lowest BCUT2D eigenvalue weighted by molar-refractivity contribution is 0.361. The van der Waals surface area contributed by atoms with Crippen molar-refractivity contribution in [3.8, 4) is 0 Å². The molecule has 0 saturated carbocycles. The fourth-order valence-electron chi connectivity index (χ4n) is 1.18. The minimum absolute atomic E-state index is 0.371. The van der Waals surface area contributed by atoms with Crippen molar-refractivity contribution in [1.82, 2.24) is 4.90 Å². The lowest BCUT2D eigenvalue weighted by Crippen LogP contribution is -2.44. The van der Waals surface area contributed by atoms with Crippen LogP contribution in [0.1, 0.15) is 13.3 Å². The van der Waals surface area contributed by atoms with Gasteiger partial charge in [-0.25, -0.2) is 0 Å². The van der Waals surface area contributed by atoms with Gasteiger partial charge in [0.25, 0.3) is 6.69 Å². The number of hydrogen-bond donors (Lipinski definition) is 0. The van der Waals surface area contributed by atoms with Crippen LogP contribution in [0.4, 0.5) is 0 Å². The summed E-state index contributed by atoms with van der Waals surface area (Å²) in [6.07, 6.45) is 1.03. The van der Waals surface area contributed by atoms with E-state index in [9.17, 15) is 0 Å². The summed E-state index contributed by atoms with van der Waals surface area (Å²) >= 11 is 12.1. The van der Waals surface area contributed by atoms with Crippen molar-refractivity contribution in [1.29, 1.82) is 0 Å². The molecule has 4 heteroatoms. The highest BCUT2D eigenvalue weighted by molar-refractivity contribution is 7.45. The highest BCUT2D eigenvalue weighted by Crippen LogP contribution is 2.23. The Labute approximate surface area is 73.7 Å². The Morgan fingerprint density at radius 3 is 1.80 bits per heavy atom. The summed E-state index contributed by atoms with van der Waals surface area (Å²) in [6, 6.07) is 0. The van der Waals surface area contributed by atoms with Crippen molar-refractivity contribution in [2.75, 3.05) is 14.1 Å². The quantitative estimate of drug-likeness (QED) is 0.499. The third kappa shape index (κ3) is 3.24. The highest BCUT2D eigenvalue weighted by atomic mass is 35.7. The molecule has 1 atom stereocenters. The molecule has 0 aromatic heterocycles. The van der Waals surface area contributed by atoms with Crippen LogP contribution in [0.5, 0.6) is 0 Å². The highest BCUT2D eigenvalue weighted by Gasteiger charge is 2.33. The Morgan fingerprint density at radius 1 is 1.40 bits per heavy atom. The van der Waals surface area contributed by atoms with Gasteiger partial charge in [-0.2, -0.15) is 0 Å². The molecule has 62 valence electrons. The molecule has 0 N–H and O–H groups in total. The van der Waals surface area contributed by atoms with Crippen LogP contribution in [0.3, 0.4) is 0 Å². The van der Waals surface area contributed by atoms with E-state index < -0.39 is 6.69 Å². The monoisotopic (exact) mass is 199 g/mol. The molecule has 0 bridgehead atoms. The lowest BCUT2D eigenvalue weighted by atomic mass is 10.4. The maximum absolute atomic E-state index is 6.06. The summed E-state index contributed by atoms with van der Waals surface area (Å²) < 4.78 is 0. The summed E-state index contributed by atoms with van der Waals surface area (Å²) in [6.45, 7) is 2.09. The standard InChI is InChI=1S/C6H15Cl2NSi/c1-5-6(9(2)3)10(4,7)8/h6H,5H2,1-4H3. The van der Waals surface area contributed by atoms with E-state index in [0.29, 0.717) is 5.67 Å². The second kappa shape index (κ2) is 3.95. The molecule has 0 saturated heterocycles. The van der Waals surface area contributed by atoms with Gasteiger partial charge in [-0.15, -0.1) is 22.2 Å². The average Bonchev–Trinajstić information content (AvgIpc) is 1.60. The fraction of sp³-hybridized carbons (Fsp3) is 1.00. The van der Waals surface area contributed by atoms with Crippen LogP contribution < -0.4 is 0 Å². The maximum Gasteiger partial charge on any atom is 0.264 e. The Kier molecular flexibility index (Phi) is 4.25. The van der Waals surface area contributed by atoms with Crippen molar-refractivity contribution in [3.05, 3.63) is 0 Å². The van der Waals surface area contributed by atoms with Gasteiger partial charge in [0.1, 0.15) is 0 Å². The Morgan fingerprint density at radius 2 is 1.80 bits per heavy atom. The molecule has 0 aliphatic heterocycles. The first-order valence-corrected chi connectivity index (χ1v) is 8.04. The summed E-state index contributed by atoms with van der Waals surface area (Å²) in [7, 11) is 4.04. The molecule has 0 aromatic rings. The number of hydrogen-bond acceptors (Lipinski definition) is 1. The molecule has 1 unspecified atom stereocenters. The third-order valence-electron chi connectivity index (χ3n) is 1.60. The minimum atomic E-state index is -1.98. The number of nitrogens with zero attached hydrogens (tertiary/aromatic N) is 1. The van der Waals surface area contributed by atoms with Gasteiger partial charge in [0.15, 0.2) is 0 Å². The van der Waals surface area contributed by atoms with Crippen LogP contribution in [0, 0.1) is 0 Å². The SMILES string of the molecule is CCC(N(C)C)[Si](C)(Cl)Cl. The topological polar surface area (TPSA) is 3.24 Å². The second-order valence-corrected chi connectivity index (χ2v) is 10.7. The van der Waals surface area contributed by atoms with Crippen LogP contribution in [-0.2, 0) is 0 Å². The molecule has 0 spiro atoms. The van der Waals surface area contributed by atoms with Gasteiger partial charge in [-0.3, -0.25) is 0 Å². The normalized spacial score (nSPS) is 15.9. The molecular formula is C6H15Cl2NSi. The first-order valence-electron chi connectivity index (χ1n) is 3.43. The van der Waals surface area contributed by atoms with Gasteiger partial charge in [-0.05, 0) is 27.1 Å². The zero-order valence-corrected chi connectivity index (χ0v) is 9.50. The van der Waals surface area contributed by atoms with Gasteiger partial charge >= 0.3 is 0 Å². The molecule has 0 rings (SSSR count). The van der Waals surface area contributed by atoms with Crippen molar-refractivity contribution in [2.24, 2.45) is 0 Å². The van der Waals surface area contributed by atoms with Gasteiger partial charge in [-0.1, -0.05) is 6.92 Å². The van der Waals surface area contributed by atoms with Crippen LogP contribution in [0.15, 0.2) is 0 Å². The number of rotatable bonds is 3. The van der Waals surface area contributed by atoms with Crippen molar-refractivity contribution in [3.63, 3.8) is 0 Å². The van der Waals surface area contributed by atoms with Crippen LogP contribution in [0.2, 0.25) is 6.55 Å². The summed E-state index contributed by atoms with van der Waals surface area (Å²) in [5.41, 5.74) is 0.371. The van der Waals surface area contributed by atoms with E-state index >= 15 is 0 Å². The minimum Gasteiger partial charge on any atom is -0.307 e. The van der Waals surface area contributed by atoms with Gasteiger partial charge < -0.3 is 4.90 Å². The predicted octanol–water partition coefficient (Wildman–Crippen LogP) is 2.42. The molecule has 0 amide bonds. The van der Waals surface area contributed by atoms with Gasteiger partial charge in [0, 0.05) is 5.67 Å². The largest absolute Gasteiger partial charge is 0.307 e. The van der Waals surface area contributed by atoms with E-state index in [1.807, 2.05) is 20.6 Å². The van der Waals surface area contributed by atoms with Gasteiger partial charge in [0.05, 0.1) is 0 Å². The third-order valence-corrected chi connectivity index (χ3v) is 5.20. The Hall–Kier alpha value is 0.757. The van der Waals surface area contributed by atoms with Crippen molar-refractivity contribution < 1.29 is 0 Å². The Balaban J connectivity index is 4.07. The lowest BCUT2D eigenvalue weighted by Gasteiger charge is -2.29. The molecule has 10 heavy (non-hydrogen) atoms. The van der Waals surface area contributed by atoms with Crippen LogP contribution in [0.25, 0.3) is 0 Å². The molecule has 0 aliphatic rings. The van der Waals surface area contributed by atoms with Crippen molar-refractivity contribution in [2.45, 2.75) is 25.6 Å².